The van der Waals surface area contributed by atoms with E-state index in [1.165, 1.54) is 36.3 Å². The highest BCUT2D eigenvalue weighted by atomic mass is 35.5. The Kier molecular flexibility index (Phi) is 6.96. The van der Waals surface area contributed by atoms with Crippen molar-refractivity contribution in [1.82, 2.24) is 30.0 Å². The van der Waals surface area contributed by atoms with Crippen LogP contribution in [0.4, 0.5) is 17.6 Å². The third-order valence-electron chi connectivity index (χ3n) is 6.94. The van der Waals surface area contributed by atoms with Crippen LogP contribution in [-0.4, -0.2) is 84.8 Å². The van der Waals surface area contributed by atoms with Gasteiger partial charge in [-0.1, -0.05) is 22.0 Å². The van der Waals surface area contributed by atoms with Crippen molar-refractivity contribution in [3.05, 3.63) is 46.9 Å². The largest absolute Gasteiger partial charge is 0.394 e. The van der Waals surface area contributed by atoms with Gasteiger partial charge in [0.2, 0.25) is 0 Å². The number of rotatable bonds is 8. The van der Waals surface area contributed by atoms with Gasteiger partial charge in [-0.3, -0.25) is 0 Å². The molecule has 3 aromatic rings. The van der Waals surface area contributed by atoms with Gasteiger partial charge >= 0.3 is 0 Å². The third-order valence-corrected chi connectivity index (χ3v) is 7.23. The molecular weight excluding hydrogens is 524 g/mol. The van der Waals surface area contributed by atoms with Crippen LogP contribution in [0.25, 0.3) is 11.3 Å². The fourth-order valence-corrected chi connectivity index (χ4v) is 4.84. The molecule has 5 atom stereocenters. The molecule has 1 aliphatic carbocycles. The lowest BCUT2D eigenvalue weighted by atomic mass is 9.90. The Bertz CT molecular complexity index is 1270. The van der Waals surface area contributed by atoms with E-state index in [-0.39, 0.29) is 22.7 Å². The first-order chi connectivity index (χ1) is 17.7. The number of nitrogens with zero attached hydrogens (tertiary/aromatic N) is 6. The summed E-state index contributed by atoms with van der Waals surface area (Å²) in [6.07, 6.45) is -3.28. The average Bonchev–Trinajstić information content (AvgIpc) is 3.33. The van der Waals surface area contributed by atoms with Crippen LogP contribution in [0.15, 0.2) is 24.5 Å². The maximum absolute atomic E-state index is 14.5. The number of benzene rings is 1. The Labute approximate surface area is 212 Å². The van der Waals surface area contributed by atoms with Crippen molar-refractivity contribution in [3.63, 3.8) is 0 Å². The molecule has 200 valence electrons. The number of ether oxygens (including phenoxy) is 2. The number of hydrogen-bond acceptors (Lipinski definition) is 8. The number of aliphatic hydroxyl groups excluding tert-OH is 2. The van der Waals surface area contributed by atoms with Gasteiger partial charge < -0.3 is 19.7 Å². The van der Waals surface area contributed by atoms with Crippen molar-refractivity contribution in [3.8, 4) is 11.3 Å². The van der Waals surface area contributed by atoms with E-state index < -0.39 is 60.7 Å². The summed E-state index contributed by atoms with van der Waals surface area (Å²) in [5, 5.41) is 36.1. The number of methoxy groups -OCH3 is 1. The summed E-state index contributed by atoms with van der Waals surface area (Å²) in [4.78, 5) is 0. The Hall–Kier alpha value is -2.65. The quantitative estimate of drug-likeness (QED) is 0.326. The van der Waals surface area contributed by atoms with E-state index in [1.807, 2.05) is 0 Å². The van der Waals surface area contributed by atoms with Crippen LogP contribution in [-0.2, 0) is 21.4 Å². The summed E-state index contributed by atoms with van der Waals surface area (Å²) in [5.41, 5.74) is -1.21. The lowest BCUT2D eigenvalue weighted by Gasteiger charge is -2.43. The molecule has 37 heavy (non-hydrogen) atoms. The summed E-state index contributed by atoms with van der Waals surface area (Å²) in [5.74, 6) is -2.44. The van der Waals surface area contributed by atoms with Gasteiger partial charge in [-0.05, 0) is 25.0 Å². The molecule has 0 amide bonds. The molecule has 1 aliphatic heterocycles. The summed E-state index contributed by atoms with van der Waals surface area (Å²) < 4.78 is 69.2. The highest BCUT2D eigenvalue weighted by Crippen LogP contribution is 2.48. The second-order valence-corrected chi connectivity index (χ2v) is 9.55. The van der Waals surface area contributed by atoms with Gasteiger partial charge in [0.15, 0.2) is 11.6 Å². The number of halogens is 5. The minimum atomic E-state index is -2.58. The van der Waals surface area contributed by atoms with Crippen LogP contribution in [0, 0.1) is 11.6 Å². The molecule has 5 rings (SSSR count). The molecule has 3 heterocycles. The van der Waals surface area contributed by atoms with Gasteiger partial charge in [0, 0.05) is 25.3 Å². The van der Waals surface area contributed by atoms with Crippen molar-refractivity contribution >= 4 is 11.6 Å². The van der Waals surface area contributed by atoms with Gasteiger partial charge in [-0.15, -0.1) is 10.2 Å². The molecule has 0 unspecified atom stereocenters. The van der Waals surface area contributed by atoms with E-state index in [0.717, 1.165) is 4.68 Å². The van der Waals surface area contributed by atoms with E-state index in [0.29, 0.717) is 18.5 Å². The predicted octanol–water partition coefficient (Wildman–Crippen LogP) is 2.14. The highest BCUT2D eigenvalue weighted by molar-refractivity contribution is 6.30. The first kappa shape index (κ1) is 26.0. The molecule has 0 radical (unpaired) electrons. The Morgan fingerprint density at radius 1 is 1.16 bits per heavy atom. The first-order valence-corrected chi connectivity index (χ1v) is 11.8. The Morgan fingerprint density at radius 2 is 1.92 bits per heavy atom. The minimum Gasteiger partial charge on any atom is -0.394 e. The van der Waals surface area contributed by atoms with Crippen molar-refractivity contribution in [1.29, 1.82) is 0 Å². The number of alkyl halides is 2. The average molecular weight is 547 g/mol. The van der Waals surface area contributed by atoms with Crippen molar-refractivity contribution in [2.75, 3.05) is 13.7 Å². The Balaban J connectivity index is 1.43. The summed E-state index contributed by atoms with van der Waals surface area (Å²) >= 11 is 5.63. The molecule has 1 saturated carbocycles. The molecular formula is C22H23ClF4N6O4. The van der Waals surface area contributed by atoms with Gasteiger partial charge in [0.1, 0.15) is 35.6 Å². The van der Waals surface area contributed by atoms with E-state index in [4.69, 9.17) is 21.1 Å². The Morgan fingerprint density at radius 3 is 2.57 bits per heavy atom. The molecule has 10 nitrogen and oxygen atoms in total. The molecule has 0 spiro atoms. The lowest BCUT2D eigenvalue weighted by Crippen LogP contribution is -2.57. The van der Waals surface area contributed by atoms with Crippen LogP contribution >= 0.6 is 11.6 Å². The molecule has 15 heteroatoms. The molecule has 0 bridgehead atoms. The third kappa shape index (κ3) is 4.50. The van der Waals surface area contributed by atoms with E-state index >= 15 is 0 Å². The summed E-state index contributed by atoms with van der Waals surface area (Å²) in [7, 11) is 1.37. The maximum Gasteiger partial charge on any atom is 0.263 e. The number of aromatic nitrogens is 6. The second kappa shape index (κ2) is 9.91. The van der Waals surface area contributed by atoms with Crippen LogP contribution < -0.4 is 0 Å². The standard InChI is InChI=1S/C22H23ClF4N6O4/c1-36-20-14(6-10-7-33(31-28-10)22(4-5-22)21(26)27)37-15(9-34)19(35)18(20)32-8-13(29-30-32)11-2-3-12(23)17(25)16(11)24/h2-3,7-8,14-15,18-21,34-35H,4-6,9H2,1H3/t14-,15-,18+,19+,20+/m1/s1. The molecule has 2 aliphatic rings. The SMILES string of the molecule is CO[C@@H]1[C@@H](n2cc(-c3ccc(Cl)c(F)c3F)nn2)[C@@H](O)[C@@H](CO)O[C@@H]1Cc1cn(C2(C(F)F)CC2)nn1. The fourth-order valence-electron chi connectivity index (χ4n) is 4.69. The number of hydrogen-bond donors (Lipinski definition) is 2. The van der Waals surface area contributed by atoms with Gasteiger partial charge in [0.25, 0.3) is 6.43 Å². The molecule has 2 fully saturated rings. The zero-order valence-corrected chi connectivity index (χ0v) is 20.1. The maximum atomic E-state index is 14.5. The van der Waals surface area contributed by atoms with Crippen LogP contribution in [0.2, 0.25) is 5.02 Å². The lowest BCUT2D eigenvalue weighted by molar-refractivity contribution is -0.212. The zero-order chi connectivity index (χ0) is 26.5. The highest BCUT2D eigenvalue weighted by Gasteiger charge is 2.54. The van der Waals surface area contributed by atoms with Gasteiger partial charge in [0.05, 0.1) is 29.6 Å². The van der Waals surface area contributed by atoms with Crippen LogP contribution in [0.3, 0.4) is 0 Å². The van der Waals surface area contributed by atoms with Gasteiger partial charge in [-0.25, -0.2) is 26.9 Å². The van der Waals surface area contributed by atoms with Crippen molar-refractivity contribution < 1.29 is 37.2 Å². The zero-order valence-electron chi connectivity index (χ0n) is 19.4. The van der Waals surface area contributed by atoms with E-state index in [1.54, 1.807) is 0 Å². The smallest absolute Gasteiger partial charge is 0.263 e. The van der Waals surface area contributed by atoms with Crippen molar-refractivity contribution in [2.45, 2.75) is 61.7 Å². The van der Waals surface area contributed by atoms with Crippen LogP contribution in [0.1, 0.15) is 24.6 Å². The van der Waals surface area contributed by atoms with Crippen LogP contribution in [0.5, 0.6) is 0 Å². The van der Waals surface area contributed by atoms with E-state index in [2.05, 4.69) is 20.6 Å². The number of aliphatic hydroxyl groups is 2. The van der Waals surface area contributed by atoms with E-state index in [9.17, 15) is 27.8 Å². The molecule has 1 aromatic carbocycles. The molecule has 1 saturated heterocycles. The minimum absolute atomic E-state index is 0.0246. The summed E-state index contributed by atoms with van der Waals surface area (Å²) in [6.45, 7) is -0.551. The predicted molar refractivity (Wildman–Crippen MR) is 119 cm³/mol. The second-order valence-electron chi connectivity index (χ2n) is 9.15. The normalized spacial score (nSPS) is 27.1. The topological polar surface area (TPSA) is 120 Å². The monoisotopic (exact) mass is 546 g/mol. The molecule has 2 N–H and O–H groups in total. The van der Waals surface area contributed by atoms with Gasteiger partial charge in [-0.2, -0.15) is 0 Å². The van der Waals surface area contributed by atoms with Crippen molar-refractivity contribution in [2.24, 2.45) is 0 Å². The summed E-state index contributed by atoms with van der Waals surface area (Å²) in [6, 6.07) is 1.46. The molecule has 2 aromatic heterocycles. The first-order valence-electron chi connectivity index (χ1n) is 11.4. The fraction of sp³-hybridized carbons (Fsp3) is 0.545.